The average Bonchev–Trinajstić information content (AvgIpc) is 2.03. The number of hydrogen-bond acceptors (Lipinski definition) is 2. The molecular weight excluding hydrogens is 150 g/mol. The van der Waals surface area contributed by atoms with Crippen molar-refractivity contribution in [3.05, 3.63) is 12.2 Å². The van der Waals surface area contributed by atoms with Crippen LogP contribution in [-0.4, -0.2) is 17.8 Å². The fourth-order valence-corrected chi connectivity index (χ4v) is 0.932. The van der Waals surface area contributed by atoms with E-state index >= 15 is 0 Å². The first-order valence-corrected chi connectivity index (χ1v) is 4.71. The summed E-state index contributed by atoms with van der Waals surface area (Å²) < 4.78 is 0. The Morgan fingerprint density at radius 2 is 1.83 bits per heavy atom. The molecule has 0 saturated heterocycles. The molecule has 0 amide bonds. The van der Waals surface area contributed by atoms with E-state index in [-0.39, 0.29) is 6.10 Å². The smallest absolute Gasteiger partial charge is 0.0537 e. The molecular formula is C10H21NO. The molecule has 0 saturated carbocycles. The van der Waals surface area contributed by atoms with Crippen molar-refractivity contribution >= 4 is 0 Å². The van der Waals surface area contributed by atoms with Gasteiger partial charge in [-0.15, -0.1) is 0 Å². The number of nitrogens with two attached hydrogens (primary N) is 1. The molecule has 0 radical (unpaired) electrons. The van der Waals surface area contributed by atoms with Crippen LogP contribution in [0.3, 0.4) is 0 Å². The van der Waals surface area contributed by atoms with Gasteiger partial charge >= 0.3 is 0 Å². The molecule has 0 aromatic rings. The number of allylic oxidation sites excluding steroid dienone is 1. The van der Waals surface area contributed by atoms with Crippen molar-refractivity contribution in [2.75, 3.05) is 6.54 Å². The van der Waals surface area contributed by atoms with Gasteiger partial charge in [0.2, 0.25) is 0 Å². The molecule has 0 aliphatic heterocycles. The van der Waals surface area contributed by atoms with E-state index in [1.807, 2.05) is 6.92 Å². The molecule has 0 aromatic carbocycles. The topological polar surface area (TPSA) is 46.2 Å². The SMILES string of the molecule is C[C@H](O)[C@H](C)CC/C=C/CCN. The zero-order valence-electron chi connectivity index (χ0n) is 8.16. The monoisotopic (exact) mass is 171 g/mol. The van der Waals surface area contributed by atoms with Crippen LogP contribution in [0, 0.1) is 5.92 Å². The molecule has 2 nitrogen and oxygen atoms in total. The van der Waals surface area contributed by atoms with Gasteiger partial charge in [0.1, 0.15) is 0 Å². The van der Waals surface area contributed by atoms with Crippen molar-refractivity contribution < 1.29 is 5.11 Å². The third-order valence-corrected chi connectivity index (χ3v) is 2.11. The Hall–Kier alpha value is -0.340. The van der Waals surface area contributed by atoms with Crippen LogP contribution in [0.15, 0.2) is 12.2 Å². The van der Waals surface area contributed by atoms with Crippen molar-refractivity contribution in [3.63, 3.8) is 0 Å². The number of hydrogen-bond donors (Lipinski definition) is 2. The second-order valence-corrected chi connectivity index (χ2v) is 3.34. The lowest BCUT2D eigenvalue weighted by atomic mass is 10.0. The van der Waals surface area contributed by atoms with Gasteiger partial charge < -0.3 is 10.8 Å². The minimum Gasteiger partial charge on any atom is -0.393 e. The van der Waals surface area contributed by atoms with E-state index in [9.17, 15) is 5.11 Å². The van der Waals surface area contributed by atoms with Crippen LogP contribution in [0.25, 0.3) is 0 Å². The van der Waals surface area contributed by atoms with Crippen molar-refractivity contribution in [1.29, 1.82) is 0 Å². The van der Waals surface area contributed by atoms with Crippen LogP contribution >= 0.6 is 0 Å². The highest BCUT2D eigenvalue weighted by Gasteiger charge is 2.06. The second-order valence-electron chi connectivity index (χ2n) is 3.34. The largest absolute Gasteiger partial charge is 0.393 e. The Morgan fingerprint density at radius 1 is 1.25 bits per heavy atom. The standard InChI is InChI=1S/C10H21NO/c1-9(10(2)12)7-5-3-4-6-8-11/h3-4,9-10,12H,5-8,11H2,1-2H3/b4-3+/t9-,10+/m1/s1. The lowest BCUT2D eigenvalue weighted by Gasteiger charge is -2.12. The zero-order chi connectivity index (χ0) is 9.40. The molecule has 0 bridgehead atoms. The molecule has 2 atom stereocenters. The van der Waals surface area contributed by atoms with Gasteiger partial charge in [0.15, 0.2) is 0 Å². The summed E-state index contributed by atoms with van der Waals surface area (Å²) in [5.41, 5.74) is 5.33. The van der Waals surface area contributed by atoms with Crippen LogP contribution in [0.5, 0.6) is 0 Å². The van der Waals surface area contributed by atoms with Crippen molar-refractivity contribution in [1.82, 2.24) is 0 Å². The molecule has 0 aromatic heterocycles. The Labute approximate surface area is 75.5 Å². The summed E-state index contributed by atoms with van der Waals surface area (Å²) in [6.07, 6.45) is 7.13. The summed E-state index contributed by atoms with van der Waals surface area (Å²) in [6.45, 7) is 4.64. The highest BCUT2D eigenvalue weighted by Crippen LogP contribution is 2.10. The predicted molar refractivity (Wildman–Crippen MR) is 52.9 cm³/mol. The summed E-state index contributed by atoms with van der Waals surface area (Å²) >= 11 is 0. The van der Waals surface area contributed by atoms with Gasteiger partial charge in [0.25, 0.3) is 0 Å². The molecule has 0 aliphatic rings. The summed E-state index contributed by atoms with van der Waals surface area (Å²) in [6, 6.07) is 0. The van der Waals surface area contributed by atoms with Crippen molar-refractivity contribution in [3.8, 4) is 0 Å². The summed E-state index contributed by atoms with van der Waals surface area (Å²) in [4.78, 5) is 0. The summed E-state index contributed by atoms with van der Waals surface area (Å²) in [5, 5.41) is 9.18. The van der Waals surface area contributed by atoms with E-state index < -0.39 is 0 Å². The normalized spacial score (nSPS) is 16.7. The first-order chi connectivity index (χ1) is 5.68. The number of rotatable bonds is 6. The Balaban J connectivity index is 3.30. The van der Waals surface area contributed by atoms with Crippen LogP contribution in [0.1, 0.15) is 33.1 Å². The molecule has 0 unspecified atom stereocenters. The molecule has 2 heteroatoms. The zero-order valence-corrected chi connectivity index (χ0v) is 8.16. The third kappa shape index (κ3) is 6.38. The van der Waals surface area contributed by atoms with E-state index in [4.69, 9.17) is 5.73 Å². The molecule has 0 rings (SSSR count). The first-order valence-electron chi connectivity index (χ1n) is 4.71. The van der Waals surface area contributed by atoms with Gasteiger partial charge in [0, 0.05) is 0 Å². The highest BCUT2D eigenvalue weighted by atomic mass is 16.3. The first kappa shape index (κ1) is 11.7. The highest BCUT2D eigenvalue weighted by molar-refractivity contribution is 4.82. The van der Waals surface area contributed by atoms with Gasteiger partial charge in [-0.1, -0.05) is 19.1 Å². The molecule has 72 valence electrons. The third-order valence-electron chi connectivity index (χ3n) is 2.11. The molecule has 0 spiro atoms. The maximum atomic E-state index is 9.18. The number of aliphatic hydroxyl groups excluding tert-OH is 1. The maximum Gasteiger partial charge on any atom is 0.0537 e. The number of aliphatic hydroxyl groups is 1. The average molecular weight is 171 g/mol. The fraction of sp³-hybridized carbons (Fsp3) is 0.800. The van der Waals surface area contributed by atoms with Gasteiger partial charge in [-0.2, -0.15) is 0 Å². The van der Waals surface area contributed by atoms with E-state index in [2.05, 4.69) is 19.1 Å². The van der Waals surface area contributed by atoms with E-state index in [0.29, 0.717) is 5.92 Å². The Bertz CT molecular complexity index is 121. The Morgan fingerprint density at radius 3 is 2.33 bits per heavy atom. The Kier molecular flexibility index (Phi) is 7.11. The summed E-state index contributed by atoms with van der Waals surface area (Å²) in [5.74, 6) is 0.396. The van der Waals surface area contributed by atoms with Crippen LogP contribution < -0.4 is 5.73 Å². The van der Waals surface area contributed by atoms with E-state index in [1.165, 1.54) is 0 Å². The van der Waals surface area contributed by atoms with E-state index in [1.54, 1.807) is 0 Å². The second kappa shape index (κ2) is 7.32. The molecule has 12 heavy (non-hydrogen) atoms. The van der Waals surface area contributed by atoms with Crippen LogP contribution in [0.4, 0.5) is 0 Å². The predicted octanol–water partition coefficient (Wildman–Crippen LogP) is 1.69. The minimum absolute atomic E-state index is 0.187. The quantitative estimate of drug-likeness (QED) is 0.597. The van der Waals surface area contributed by atoms with Crippen molar-refractivity contribution in [2.24, 2.45) is 11.7 Å². The maximum absolute atomic E-state index is 9.18. The molecule has 0 heterocycles. The molecule has 0 aliphatic carbocycles. The van der Waals surface area contributed by atoms with Crippen LogP contribution in [-0.2, 0) is 0 Å². The lowest BCUT2D eigenvalue weighted by Crippen LogP contribution is -2.12. The fourth-order valence-electron chi connectivity index (χ4n) is 0.932. The minimum atomic E-state index is -0.187. The van der Waals surface area contributed by atoms with Crippen LogP contribution in [0.2, 0.25) is 0 Å². The van der Waals surface area contributed by atoms with Gasteiger partial charge in [-0.25, -0.2) is 0 Å². The lowest BCUT2D eigenvalue weighted by molar-refractivity contribution is 0.130. The molecule has 3 N–H and O–H groups in total. The summed E-state index contributed by atoms with van der Waals surface area (Å²) in [7, 11) is 0. The molecule has 0 fully saturated rings. The van der Waals surface area contributed by atoms with E-state index in [0.717, 1.165) is 25.8 Å². The van der Waals surface area contributed by atoms with Gasteiger partial charge in [-0.05, 0) is 38.6 Å². The van der Waals surface area contributed by atoms with Gasteiger partial charge in [0.05, 0.1) is 6.10 Å². The van der Waals surface area contributed by atoms with Crippen molar-refractivity contribution in [2.45, 2.75) is 39.2 Å². The van der Waals surface area contributed by atoms with Gasteiger partial charge in [-0.3, -0.25) is 0 Å².